The monoisotopic (exact) mass is 349 g/mol. The Morgan fingerprint density at radius 1 is 1.26 bits per heavy atom. The van der Waals surface area contributed by atoms with Crippen LogP contribution in [0.4, 0.5) is 0 Å². The topological polar surface area (TPSA) is 38.8 Å². The van der Waals surface area contributed by atoms with E-state index in [1.165, 1.54) is 24.6 Å². The van der Waals surface area contributed by atoms with Crippen LogP contribution >= 0.6 is 24.0 Å². The molecule has 1 aromatic carbocycles. The van der Waals surface area contributed by atoms with Gasteiger partial charge in [-0.1, -0.05) is 49.0 Å². The number of carbonyl (C=O) groups excluding carboxylic acids is 1. The largest absolute Gasteiger partial charge is 0.493 e. The van der Waals surface area contributed by atoms with Gasteiger partial charge in [0.15, 0.2) is 11.5 Å². The van der Waals surface area contributed by atoms with Crippen molar-refractivity contribution < 1.29 is 14.3 Å². The summed E-state index contributed by atoms with van der Waals surface area (Å²) in [4.78, 5) is 15.2. The molecule has 0 unspecified atom stereocenters. The Hall–Kier alpha value is -1.53. The minimum absolute atomic E-state index is 0.0109. The number of hydrogen-bond acceptors (Lipinski definition) is 5. The van der Waals surface area contributed by atoms with Crippen LogP contribution in [0.3, 0.4) is 0 Å². The van der Waals surface area contributed by atoms with Gasteiger partial charge in [0.25, 0.3) is 5.91 Å². The molecule has 1 aliphatic heterocycles. The lowest BCUT2D eigenvalue weighted by Gasteiger charge is -2.21. The molecular weight excluding hydrogens is 330 g/mol. The molecule has 2 aliphatic rings. The summed E-state index contributed by atoms with van der Waals surface area (Å²) in [5.41, 5.74) is 0.818. The molecule has 122 valence electrons. The van der Waals surface area contributed by atoms with Crippen molar-refractivity contribution in [1.82, 2.24) is 4.90 Å². The Labute approximate surface area is 145 Å². The van der Waals surface area contributed by atoms with Crippen LogP contribution in [0, 0.1) is 0 Å². The van der Waals surface area contributed by atoms with Gasteiger partial charge in [0.1, 0.15) is 4.32 Å². The number of thioether (sulfide) groups is 1. The van der Waals surface area contributed by atoms with Gasteiger partial charge in [-0.05, 0) is 25.0 Å². The molecule has 6 heteroatoms. The van der Waals surface area contributed by atoms with Crippen LogP contribution < -0.4 is 9.47 Å². The van der Waals surface area contributed by atoms with Crippen LogP contribution in [-0.4, -0.2) is 35.4 Å². The minimum Gasteiger partial charge on any atom is -0.493 e. The standard InChI is InChI=1S/C17H19NO3S2/c1-20-13-9-5-6-11(15(13)21-2)10-14-16(19)18(17(22)23-14)12-7-3-4-8-12/h5-6,9-10,12H,3-4,7-8H2,1-2H3/b14-10-. The summed E-state index contributed by atoms with van der Waals surface area (Å²) >= 11 is 6.80. The average molecular weight is 349 g/mol. The molecule has 0 spiro atoms. The molecule has 4 nitrogen and oxygen atoms in total. The highest BCUT2D eigenvalue weighted by Gasteiger charge is 2.38. The van der Waals surface area contributed by atoms with Gasteiger partial charge in [-0.25, -0.2) is 0 Å². The molecule has 1 saturated carbocycles. The Balaban J connectivity index is 1.92. The van der Waals surface area contributed by atoms with E-state index in [1.807, 2.05) is 24.3 Å². The quantitative estimate of drug-likeness (QED) is 0.610. The normalized spacial score (nSPS) is 20.6. The summed E-state index contributed by atoms with van der Waals surface area (Å²) in [6.45, 7) is 0. The van der Waals surface area contributed by atoms with E-state index in [0.717, 1.165) is 18.4 Å². The van der Waals surface area contributed by atoms with E-state index in [2.05, 4.69) is 0 Å². The number of benzene rings is 1. The average Bonchev–Trinajstić information content (AvgIpc) is 3.16. The second kappa shape index (κ2) is 6.93. The molecular formula is C17H19NO3S2. The lowest BCUT2D eigenvalue weighted by molar-refractivity contribution is -0.123. The zero-order valence-corrected chi connectivity index (χ0v) is 14.8. The maximum atomic E-state index is 12.7. The fourth-order valence-electron chi connectivity index (χ4n) is 3.12. The van der Waals surface area contributed by atoms with Gasteiger partial charge in [-0.15, -0.1) is 0 Å². The number of amides is 1. The maximum absolute atomic E-state index is 12.7. The molecule has 1 saturated heterocycles. The SMILES string of the molecule is COc1cccc(/C=C2\SC(=S)N(C3CCCC3)C2=O)c1OC. The van der Waals surface area contributed by atoms with Crippen molar-refractivity contribution in [3.63, 3.8) is 0 Å². The highest BCUT2D eigenvalue weighted by molar-refractivity contribution is 8.26. The lowest BCUT2D eigenvalue weighted by Crippen LogP contribution is -2.36. The molecule has 0 radical (unpaired) electrons. The number of rotatable bonds is 4. The molecule has 1 amide bonds. The van der Waals surface area contributed by atoms with Crippen molar-refractivity contribution >= 4 is 40.3 Å². The van der Waals surface area contributed by atoms with Gasteiger partial charge < -0.3 is 9.47 Å². The van der Waals surface area contributed by atoms with Crippen LogP contribution in [0.15, 0.2) is 23.1 Å². The number of ether oxygens (including phenoxy) is 2. The van der Waals surface area contributed by atoms with Crippen molar-refractivity contribution in [2.45, 2.75) is 31.7 Å². The summed E-state index contributed by atoms with van der Waals surface area (Å²) in [5.74, 6) is 1.28. The maximum Gasteiger partial charge on any atom is 0.266 e. The van der Waals surface area contributed by atoms with E-state index in [1.54, 1.807) is 19.1 Å². The Bertz CT molecular complexity index is 666. The van der Waals surface area contributed by atoms with Crippen LogP contribution in [0.25, 0.3) is 6.08 Å². The van der Waals surface area contributed by atoms with E-state index >= 15 is 0 Å². The van der Waals surface area contributed by atoms with Gasteiger partial charge >= 0.3 is 0 Å². The summed E-state index contributed by atoms with van der Waals surface area (Å²) in [6, 6.07) is 5.88. The molecule has 1 aliphatic carbocycles. The summed E-state index contributed by atoms with van der Waals surface area (Å²) in [5, 5.41) is 0. The number of carbonyl (C=O) groups is 1. The van der Waals surface area contributed by atoms with E-state index in [9.17, 15) is 4.79 Å². The van der Waals surface area contributed by atoms with E-state index in [4.69, 9.17) is 21.7 Å². The van der Waals surface area contributed by atoms with Crippen molar-refractivity contribution in [3.05, 3.63) is 28.7 Å². The predicted octanol–water partition coefficient (Wildman–Crippen LogP) is 3.85. The van der Waals surface area contributed by atoms with Crippen molar-refractivity contribution in [2.75, 3.05) is 14.2 Å². The number of methoxy groups -OCH3 is 2. The molecule has 1 heterocycles. The second-order valence-corrected chi connectivity index (χ2v) is 7.25. The van der Waals surface area contributed by atoms with Crippen LogP contribution in [0.5, 0.6) is 11.5 Å². The molecule has 0 bridgehead atoms. The molecule has 0 N–H and O–H groups in total. The van der Waals surface area contributed by atoms with Gasteiger partial charge in [-0.2, -0.15) is 0 Å². The van der Waals surface area contributed by atoms with E-state index < -0.39 is 0 Å². The zero-order valence-electron chi connectivity index (χ0n) is 13.2. The third-order valence-corrected chi connectivity index (χ3v) is 5.56. The van der Waals surface area contributed by atoms with E-state index in [-0.39, 0.29) is 11.9 Å². The van der Waals surface area contributed by atoms with E-state index in [0.29, 0.717) is 20.7 Å². The smallest absolute Gasteiger partial charge is 0.266 e. The first-order chi connectivity index (χ1) is 11.2. The molecule has 0 atom stereocenters. The first-order valence-electron chi connectivity index (χ1n) is 7.63. The molecule has 2 fully saturated rings. The van der Waals surface area contributed by atoms with Gasteiger partial charge in [0, 0.05) is 11.6 Å². The second-order valence-electron chi connectivity index (χ2n) is 5.57. The number of nitrogens with zero attached hydrogens (tertiary/aromatic N) is 1. The minimum atomic E-state index is 0.0109. The van der Waals surface area contributed by atoms with Crippen LogP contribution in [-0.2, 0) is 4.79 Å². The van der Waals surface area contributed by atoms with Gasteiger partial charge in [0.2, 0.25) is 0 Å². The van der Waals surface area contributed by atoms with Gasteiger partial charge in [0.05, 0.1) is 19.1 Å². The number of thiocarbonyl (C=S) groups is 1. The van der Waals surface area contributed by atoms with Crippen LogP contribution in [0.1, 0.15) is 31.2 Å². The van der Waals surface area contributed by atoms with Crippen molar-refractivity contribution in [2.24, 2.45) is 0 Å². The number of hydrogen-bond donors (Lipinski definition) is 0. The van der Waals surface area contributed by atoms with Crippen molar-refractivity contribution in [1.29, 1.82) is 0 Å². The first-order valence-corrected chi connectivity index (χ1v) is 8.86. The third kappa shape index (κ3) is 3.10. The Morgan fingerprint density at radius 2 is 2.00 bits per heavy atom. The van der Waals surface area contributed by atoms with Crippen LogP contribution in [0.2, 0.25) is 0 Å². The predicted molar refractivity (Wildman–Crippen MR) is 96.8 cm³/mol. The summed E-state index contributed by atoms with van der Waals surface area (Å²) in [7, 11) is 3.19. The van der Waals surface area contributed by atoms with Crippen molar-refractivity contribution in [3.8, 4) is 11.5 Å². The Kier molecular flexibility index (Phi) is 4.92. The molecule has 3 rings (SSSR count). The molecule has 23 heavy (non-hydrogen) atoms. The highest BCUT2D eigenvalue weighted by Crippen LogP contribution is 2.40. The Morgan fingerprint density at radius 3 is 2.65 bits per heavy atom. The first kappa shape index (κ1) is 16.3. The highest BCUT2D eigenvalue weighted by atomic mass is 32.2. The van der Waals surface area contributed by atoms with Gasteiger partial charge in [-0.3, -0.25) is 9.69 Å². The fraction of sp³-hybridized carbons (Fsp3) is 0.412. The molecule has 1 aromatic rings. The summed E-state index contributed by atoms with van der Waals surface area (Å²) < 4.78 is 11.4. The third-order valence-electron chi connectivity index (χ3n) is 4.23. The summed E-state index contributed by atoms with van der Waals surface area (Å²) in [6.07, 6.45) is 6.27. The fourth-order valence-corrected chi connectivity index (χ4v) is 4.52. The lowest BCUT2D eigenvalue weighted by atomic mass is 10.1. The molecule has 0 aromatic heterocycles. The number of para-hydroxylation sites is 1. The zero-order chi connectivity index (χ0) is 16.4.